The van der Waals surface area contributed by atoms with Crippen molar-refractivity contribution in [2.75, 3.05) is 49.7 Å². The van der Waals surface area contributed by atoms with Crippen molar-refractivity contribution in [1.29, 1.82) is 0 Å². The van der Waals surface area contributed by atoms with Crippen LogP contribution in [0.15, 0.2) is 96.1 Å². The second-order valence-electron chi connectivity index (χ2n) is 21.6. The van der Waals surface area contributed by atoms with Crippen molar-refractivity contribution in [2.24, 2.45) is 16.9 Å². The Labute approximate surface area is 518 Å². The summed E-state index contributed by atoms with van der Waals surface area (Å²) in [6, 6.07) is 26.5. The highest BCUT2D eigenvalue weighted by Gasteiger charge is 2.32. The van der Waals surface area contributed by atoms with E-state index in [0.717, 1.165) is 87.3 Å². The van der Waals surface area contributed by atoms with Gasteiger partial charge in [-0.15, -0.1) is 23.2 Å². The first-order chi connectivity index (χ1) is 42.0. The van der Waals surface area contributed by atoms with Crippen LogP contribution in [0.4, 0.5) is 5.13 Å². The Morgan fingerprint density at radius 3 is 1.63 bits per heavy atom. The Kier molecular flexibility index (Phi) is 28.8. The van der Waals surface area contributed by atoms with E-state index >= 15 is 0 Å². The highest BCUT2D eigenvalue weighted by Crippen LogP contribution is 2.33. The van der Waals surface area contributed by atoms with Crippen molar-refractivity contribution in [3.63, 3.8) is 0 Å². The lowest BCUT2D eigenvalue weighted by Crippen LogP contribution is -2.30. The number of hydrogen-bond acceptors (Lipinski definition) is 18. The van der Waals surface area contributed by atoms with Gasteiger partial charge in [-0.2, -0.15) is 5.10 Å². The minimum atomic E-state index is -0.564. The molecule has 0 unspecified atom stereocenters. The van der Waals surface area contributed by atoms with Crippen LogP contribution in [-0.4, -0.2) is 104 Å². The molecular weight excluding hydrogens is 1160 g/mol. The smallest absolute Gasteiger partial charge is 0.339 e. The number of benzene rings is 4. The molecule has 0 spiro atoms. The second-order valence-corrected chi connectivity index (χ2v) is 23.3. The number of carbonyl (C=O) groups excluding carboxylic acids is 6. The third-order valence-corrected chi connectivity index (χ3v) is 16.4. The predicted octanol–water partition coefficient (Wildman–Crippen LogP) is 14.6. The molecule has 17 nitrogen and oxygen atoms in total. The number of unbranched alkanes of at least 4 members (excludes halogenated alkanes) is 9. The quantitative estimate of drug-likeness (QED) is 0.00695. The van der Waals surface area contributed by atoms with Crippen LogP contribution in [0.25, 0.3) is 10.2 Å². The number of anilines is 1. The number of ether oxygens (including phenoxy) is 8. The first-order valence-corrected chi connectivity index (χ1v) is 32.4. The Hall–Kier alpha value is -6.76. The zero-order chi connectivity index (χ0) is 60.7. The molecule has 0 atom stereocenters. The number of hydrazone groups is 1. The molecule has 5 aromatic rings. The maximum absolute atomic E-state index is 14.2. The molecule has 464 valence electrons. The third kappa shape index (κ3) is 22.8. The molecule has 0 radical (unpaired) electrons. The number of fused-ring (bicyclic) bond motifs is 1. The van der Waals surface area contributed by atoms with E-state index in [4.69, 9.17) is 71.2 Å². The molecule has 4 aromatic carbocycles. The standard InChI is InChI=1S/C66H81Cl2N3O14S/c1-2-3-4-11-40-71(66-70-58-16-9-10-17-59(58)86-66)69-46-50-45-56(85-64(76)49-20-26-53(27-21-49)82-62(74)47-18-24-51(25-19-47)78-41-12-5-7-14-43-80-60(72)36-38-67)34-35-57(50)65(77)84-54-28-22-48(23-29-54)63(75)83-55-32-30-52(31-33-55)79-42-13-6-8-15-44-81-61(73)37-39-68/h9-10,16-19,24-25,30-35,45-46,48-49,53-54H,2-8,11-15,20-23,26-29,36-44H2,1H3/b69-46+/t48-,49-,53-,54-. The Morgan fingerprint density at radius 2 is 1.07 bits per heavy atom. The van der Waals surface area contributed by atoms with E-state index in [1.807, 2.05) is 29.3 Å². The summed E-state index contributed by atoms with van der Waals surface area (Å²) in [6.07, 6.45) is 16.0. The average molecular weight is 1240 g/mol. The number of carbonyl (C=O) groups is 6. The van der Waals surface area contributed by atoms with Gasteiger partial charge < -0.3 is 37.9 Å². The van der Waals surface area contributed by atoms with Gasteiger partial charge in [0.2, 0.25) is 5.13 Å². The summed E-state index contributed by atoms with van der Waals surface area (Å²) < 4.78 is 46.8. The first kappa shape index (κ1) is 66.8. The molecule has 0 aliphatic heterocycles. The van der Waals surface area contributed by atoms with Crippen LogP contribution < -0.4 is 24.0 Å². The van der Waals surface area contributed by atoms with Gasteiger partial charge in [0.1, 0.15) is 35.2 Å². The second kappa shape index (κ2) is 37.1. The van der Waals surface area contributed by atoms with Gasteiger partial charge in [-0.25, -0.2) is 19.6 Å². The lowest BCUT2D eigenvalue weighted by atomic mass is 9.87. The number of para-hydroxylation sites is 1. The van der Waals surface area contributed by atoms with E-state index in [2.05, 4.69) is 6.92 Å². The Morgan fingerprint density at radius 1 is 0.570 bits per heavy atom. The molecule has 86 heavy (non-hydrogen) atoms. The topological polar surface area (TPSA) is 205 Å². The van der Waals surface area contributed by atoms with Crippen molar-refractivity contribution in [2.45, 2.75) is 160 Å². The number of esters is 6. The van der Waals surface area contributed by atoms with Gasteiger partial charge in [-0.1, -0.05) is 49.7 Å². The van der Waals surface area contributed by atoms with E-state index in [-0.39, 0.29) is 65.8 Å². The van der Waals surface area contributed by atoms with Gasteiger partial charge in [0.15, 0.2) is 0 Å². The lowest BCUT2D eigenvalue weighted by Gasteiger charge is -2.27. The number of rotatable bonds is 36. The summed E-state index contributed by atoms with van der Waals surface area (Å²) in [6.45, 7) is 4.59. The maximum Gasteiger partial charge on any atom is 0.339 e. The fraction of sp³-hybridized carbons (Fsp3) is 0.515. The minimum Gasteiger partial charge on any atom is -0.494 e. The number of nitrogens with zero attached hydrogens (tertiary/aromatic N) is 3. The van der Waals surface area contributed by atoms with Crippen LogP contribution in [0.1, 0.15) is 174 Å². The van der Waals surface area contributed by atoms with Gasteiger partial charge in [-0.3, -0.25) is 19.2 Å². The zero-order valence-electron chi connectivity index (χ0n) is 49.3. The van der Waals surface area contributed by atoms with E-state index in [9.17, 15) is 28.8 Å². The van der Waals surface area contributed by atoms with Crippen LogP contribution in [0, 0.1) is 11.8 Å². The zero-order valence-corrected chi connectivity index (χ0v) is 51.6. The van der Waals surface area contributed by atoms with Crippen molar-refractivity contribution >= 4 is 91.9 Å². The van der Waals surface area contributed by atoms with Crippen molar-refractivity contribution in [1.82, 2.24) is 4.98 Å². The number of hydrogen-bond donors (Lipinski definition) is 0. The van der Waals surface area contributed by atoms with E-state index in [1.165, 1.54) is 11.3 Å². The SMILES string of the molecule is CCCCCCN(/N=C/c1cc(OC(=O)[C@H]2CC[C@H](OC(=O)c3ccc(OCCCCCCOC(=O)CCCl)cc3)CC2)ccc1C(=O)O[C@H]1CC[C@H](C(=O)Oc2ccc(OCCCCCCOC(=O)CCCl)cc2)CC1)c1nc2ccccc2s1. The van der Waals surface area contributed by atoms with Gasteiger partial charge in [0.05, 0.1) is 78.7 Å². The van der Waals surface area contributed by atoms with Crippen LogP contribution in [-0.2, 0) is 38.1 Å². The highest BCUT2D eigenvalue weighted by molar-refractivity contribution is 7.22. The summed E-state index contributed by atoms with van der Waals surface area (Å²) in [5, 5.41) is 7.49. The molecule has 0 saturated heterocycles. The molecule has 2 fully saturated rings. The highest BCUT2D eigenvalue weighted by atomic mass is 35.5. The van der Waals surface area contributed by atoms with Gasteiger partial charge in [0.25, 0.3) is 0 Å². The average Bonchev–Trinajstić information content (AvgIpc) is 2.91. The summed E-state index contributed by atoms with van der Waals surface area (Å²) in [7, 11) is 0. The first-order valence-electron chi connectivity index (χ1n) is 30.5. The molecule has 20 heteroatoms. The van der Waals surface area contributed by atoms with E-state index in [1.54, 1.807) is 72.9 Å². The minimum absolute atomic E-state index is 0.220. The van der Waals surface area contributed by atoms with Crippen molar-refractivity contribution in [3.05, 3.63) is 108 Å². The monoisotopic (exact) mass is 1240 g/mol. The van der Waals surface area contributed by atoms with Gasteiger partial charge in [-0.05, 0) is 188 Å². The van der Waals surface area contributed by atoms with Crippen LogP contribution in [0.2, 0.25) is 0 Å². The number of halogens is 2. The lowest BCUT2D eigenvalue weighted by molar-refractivity contribution is -0.144. The largest absolute Gasteiger partial charge is 0.494 e. The Bertz CT molecular complexity index is 2910. The number of alkyl halides is 2. The third-order valence-electron chi connectivity index (χ3n) is 15.0. The molecule has 0 bridgehead atoms. The molecule has 0 amide bonds. The van der Waals surface area contributed by atoms with E-state index < -0.39 is 29.9 Å². The summed E-state index contributed by atoms with van der Waals surface area (Å²) in [5.74, 6) is -0.625. The van der Waals surface area contributed by atoms with Gasteiger partial charge in [0, 0.05) is 23.9 Å². The molecule has 0 N–H and O–H groups in total. The fourth-order valence-electron chi connectivity index (χ4n) is 10.0. The summed E-state index contributed by atoms with van der Waals surface area (Å²) in [5.41, 5.74) is 1.90. The summed E-state index contributed by atoms with van der Waals surface area (Å²) >= 11 is 12.7. The Balaban J connectivity index is 0.899. The van der Waals surface area contributed by atoms with Crippen molar-refractivity contribution < 1.29 is 66.7 Å². The van der Waals surface area contributed by atoms with Crippen molar-refractivity contribution in [3.8, 4) is 23.0 Å². The molecular formula is C66H81Cl2N3O14S. The molecule has 2 aliphatic carbocycles. The molecule has 7 rings (SSSR count). The molecule has 1 heterocycles. The maximum atomic E-state index is 14.2. The normalized spacial score (nSPS) is 16.7. The van der Waals surface area contributed by atoms with E-state index in [0.29, 0.717) is 118 Å². The van der Waals surface area contributed by atoms with Crippen LogP contribution in [0.5, 0.6) is 23.0 Å². The van der Waals surface area contributed by atoms with Crippen LogP contribution >= 0.6 is 34.5 Å². The molecule has 2 saturated carbocycles. The van der Waals surface area contributed by atoms with Gasteiger partial charge >= 0.3 is 35.8 Å². The molecule has 2 aliphatic rings. The summed E-state index contributed by atoms with van der Waals surface area (Å²) in [4.78, 5) is 82.2. The fourth-order valence-corrected chi connectivity index (χ4v) is 11.3. The number of aromatic nitrogens is 1. The molecule has 1 aromatic heterocycles. The number of thiazole rings is 1. The predicted molar refractivity (Wildman–Crippen MR) is 332 cm³/mol. The van der Waals surface area contributed by atoms with Crippen LogP contribution in [0.3, 0.4) is 0 Å².